The summed E-state index contributed by atoms with van der Waals surface area (Å²) in [6, 6.07) is 0. The fraction of sp³-hybridized carbons (Fsp3) is 0.889. The molecule has 0 unspecified atom stereocenters. The van der Waals surface area contributed by atoms with E-state index in [2.05, 4.69) is 40.8 Å². The molecule has 1 rings (SSSR count). The maximum absolute atomic E-state index is 12.7. The third kappa shape index (κ3) is 17.0. The molecule has 9 nitrogen and oxygen atoms in total. The van der Waals surface area contributed by atoms with Crippen LogP contribution >= 0.6 is 0 Å². The van der Waals surface area contributed by atoms with Gasteiger partial charge in [-0.3, -0.25) is 29.1 Å². The summed E-state index contributed by atoms with van der Waals surface area (Å²) in [5.74, 6) is -0.293. The Morgan fingerprint density at radius 3 is 1.33 bits per heavy atom. The molecule has 0 bridgehead atoms. The Morgan fingerprint density at radius 2 is 0.972 bits per heavy atom. The van der Waals surface area contributed by atoms with Crippen molar-refractivity contribution in [3.63, 3.8) is 0 Å². The van der Waals surface area contributed by atoms with Crippen LogP contribution in [0, 0.1) is 5.41 Å². The number of rotatable bonds is 7. The molecule has 36 heavy (non-hydrogen) atoms. The second-order valence-corrected chi connectivity index (χ2v) is 13.0. The molecule has 0 spiro atoms. The number of ether oxygens (including phenoxy) is 2. The van der Waals surface area contributed by atoms with Gasteiger partial charge in [0, 0.05) is 58.8 Å². The molecule has 0 amide bonds. The minimum absolute atomic E-state index is 0.0395. The van der Waals surface area contributed by atoms with Crippen molar-refractivity contribution in [3.8, 4) is 0 Å². The highest BCUT2D eigenvalue weighted by atomic mass is 16.6. The molecule has 1 aliphatic heterocycles. The lowest BCUT2D eigenvalue weighted by molar-refractivity contribution is -0.158. The first kappa shape index (κ1) is 32.5. The van der Waals surface area contributed by atoms with Crippen molar-refractivity contribution in [2.75, 3.05) is 72.0 Å². The van der Waals surface area contributed by atoms with Gasteiger partial charge >= 0.3 is 11.9 Å². The van der Waals surface area contributed by atoms with Gasteiger partial charge in [-0.2, -0.15) is 0 Å². The van der Waals surface area contributed by atoms with Crippen LogP contribution < -0.4 is 5.32 Å². The highest BCUT2D eigenvalue weighted by Crippen LogP contribution is 2.19. The van der Waals surface area contributed by atoms with E-state index in [-0.39, 0.29) is 36.2 Å². The predicted octanol–water partition coefficient (Wildman–Crippen LogP) is 2.18. The molecule has 0 aromatic rings. The van der Waals surface area contributed by atoms with Gasteiger partial charge in [-0.1, -0.05) is 20.8 Å². The van der Waals surface area contributed by atoms with E-state index in [1.165, 1.54) is 0 Å². The summed E-state index contributed by atoms with van der Waals surface area (Å²) in [6.45, 7) is 23.6. The Bertz CT molecular complexity index is 662. The van der Waals surface area contributed by atoms with Gasteiger partial charge in [-0.05, 0) is 47.0 Å². The minimum atomic E-state index is -0.552. The number of hydrogen-bond donors (Lipinski definition) is 1. The Kier molecular flexibility index (Phi) is 13.0. The molecule has 0 radical (unpaired) electrons. The first-order valence-electron chi connectivity index (χ1n) is 13.2. The number of nitrogens with one attached hydrogen (secondary N) is 1. The fourth-order valence-electron chi connectivity index (χ4n) is 3.98. The van der Waals surface area contributed by atoms with Gasteiger partial charge < -0.3 is 14.8 Å². The Hall–Kier alpha value is -1.55. The van der Waals surface area contributed by atoms with Crippen LogP contribution in [0.4, 0.5) is 0 Å². The van der Waals surface area contributed by atoms with Gasteiger partial charge in [0.05, 0.1) is 19.6 Å². The Morgan fingerprint density at radius 1 is 0.611 bits per heavy atom. The molecule has 1 fully saturated rings. The van der Waals surface area contributed by atoms with Gasteiger partial charge in [-0.25, -0.2) is 0 Å². The van der Waals surface area contributed by atoms with E-state index in [4.69, 9.17) is 9.47 Å². The van der Waals surface area contributed by atoms with Crippen LogP contribution in [0.15, 0.2) is 0 Å². The number of Topliss-reactive ketones (excluding diaryl/α,β-unsaturated/α-hetero) is 1. The summed E-state index contributed by atoms with van der Waals surface area (Å²) in [6.07, 6.45) is 0.540. The Balaban J connectivity index is 2.89. The highest BCUT2D eigenvalue weighted by Gasteiger charge is 2.24. The van der Waals surface area contributed by atoms with Crippen molar-refractivity contribution in [2.45, 2.75) is 79.9 Å². The van der Waals surface area contributed by atoms with E-state index in [1.807, 2.05) is 41.5 Å². The van der Waals surface area contributed by atoms with Crippen LogP contribution in [0.25, 0.3) is 0 Å². The van der Waals surface area contributed by atoms with Gasteiger partial charge in [0.25, 0.3) is 0 Å². The molecule has 1 saturated heterocycles. The van der Waals surface area contributed by atoms with E-state index in [0.717, 1.165) is 19.6 Å². The lowest BCUT2D eigenvalue weighted by Gasteiger charge is -2.32. The largest absolute Gasteiger partial charge is 0.459 e. The molecule has 210 valence electrons. The molecular weight excluding hydrogens is 460 g/mol. The number of hydrogen-bond acceptors (Lipinski definition) is 9. The average molecular weight is 513 g/mol. The zero-order valence-corrected chi connectivity index (χ0v) is 24.4. The van der Waals surface area contributed by atoms with Crippen molar-refractivity contribution < 1.29 is 23.9 Å². The van der Waals surface area contributed by atoms with Crippen LogP contribution in [0.1, 0.15) is 68.7 Å². The number of ketones is 1. The quantitative estimate of drug-likeness (QED) is 0.515. The lowest BCUT2D eigenvalue weighted by Crippen LogP contribution is -2.48. The van der Waals surface area contributed by atoms with Crippen molar-refractivity contribution in [3.05, 3.63) is 0 Å². The number of nitrogens with zero attached hydrogens (tertiary/aromatic N) is 3. The van der Waals surface area contributed by atoms with Gasteiger partial charge in [0.2, 0.25) is 0 Å². The van der Waals surface area contributed by atoms with Crippen molar-refractivity contribution in [1.82, 2.24) is 20.0 Å². The van der Waals surface area contributed by atoms with E-state index in [9.17, 15) is 14.4 Å². The average Bonchev–Trinajstić information content (AvgIpc) is 2.63. The van der Waals surface area contributed by atoms with Crippen LogP contribution in [-0.4, -0.2) is 116 Å². The smallest absolute Gasteiger partial charge is 0.320 e. The minimum Gasteiger partial charge on any atom is -0.459 e. The highest BCUT2D eigenvalue weighted by molar-refractivity contribution is 5.81. The van der Waals surface area contributed by atoms with Gasteiger partial charge in [-0.15, -0.1) is 0 Å². The van der Waals surface area contributed by atoms with Crippen molar-refractivity contribution in [2.24, 2.45) is 5.41 Å². The van der Waals surface area contributed by atoms with Crippen molar-refractivity contribution in [1.29, 1.82) is 0 Å². The lowest BCUT2D eigenvalue weighted by atomic mass is 9.90. The first-order chi connectivity index (χ1) is 16.4. The SMILES string of the molecule is CC(C)(C)CC(=O)CN1CCNCCN(CC(=O)OC(C)(C)C)CCN(CC(=O)OC(C)(C)C)CC1. The number of carbonyl (C=O) groups excluding carboxylic acids is 3. The maximum Gasteiger partial charge on any atom is 0.320 e. The van der Waals surface area contributed by atoms with Crippen molar-refractivity contribution >= 4 is 17.7 Å². The molecule has 0 saturated carbocycles. The molecule has 0 aromatic carbocycles. The molecule has 0 aliphatic carbocycles. The predicted molar refractivity (Wildman–Crippen MR) is 143 cm³/mol. The standard InChI is InChI=1S/C27H52N4O5/c1-25(2,3)18-22(32)19-29-12-10-28-11-13-30(20-23(33)35-26(4,5)6)15-17-31(16-14-29)21-24(34)36-27(7,8)9/h28H,10-21H2,1-9H3. The second kappa shape index (κ2) is 14.4. The van der Waals surface area contributed by atoms with Gasteiger partial charge in [0.1, 0.15) is 17.0 Å². The monoisotopic (exact) mass is 512 g/mol. The summed E-state index contributed by atoms with van der Waals surface area (Å²) in [7, 11) is 0. The third-order valence-corrected chi connectivity index (χ3v) is 5.35. The van der Waals surface area contributed by atoms with Crippen LogP contribution in [0.2, 0.25) is 0 Å². The fourth-order valence-corrected chi connectivity index (χ4v) is 3.98. The molecular formula is C27H52N4O5. The number of carbonyl (C=O) groups is 3. The van der Waals surface area contributed by atoms with E-state index < -0.39 is 11.2 Å². The topological polar surface area (TPSA) is 91.4 Å². The normalized spacial score (nSPS) is 18.7. The molecule has 1 aliphatic rings. The molecule has 1 heterocycles. The third-order valence-electron chi connectivity index (χ3n) is 5.35. The van der Waals surface area contributed by atoms with Gasteiger partial charge in [0.15, 0.2) is 0 Å². The molecule has 0 atom stereocenters. The molecule has 0 aromatic heterocycles. The van der Waals surface area contributed by atoms with E-state index in [0.29, 0.717) is 45.7 Å². The zero-order chi connectivity index (χ0) is 27.6. The molecule has 9 heteroatoms. The first-order valence-corrected chi connectivity index (χ1v) is 13.2. The molecule has 1 N–H and O–H groups in total. The second-order valence-electron chi connectivity index (χ2n) is 13.0. The summed E-state index contributed by atoms with van der Waals surface area (Å²) < 4.78 is 11.1. The van der Waals surface area contributed by atoms with E-state index >= 15 is 0 Å². The summed E-state index contributed by atoms with van der Waals surface area (Å²) in [4.78, 5) is 44.0. The number of esters is 2. The summed E-state index contributed by atoms with van der Waals surface area (Å²) in [5.41, 5.74) is -1.12. The van der Waals surface area contributed by atoms with E-state index in [1.54, 1.807) is 0 Å². The summed E-state index contributed by atoms with van der Waals surface area (Å²) >= 11 is 0. The van der Waals surface area contributed by atoms with Crippen LogP contribution in [0.3, 0.4) is 0 Å². The van der Waals surface area contributed by atoms with Crippen LogP contribution in [0.5, 0.6) is 0 Å². The Labute approximate surface area is 219 Å². The summed E-state index contributed by atoms with van der Waals surface area (Å²) in [5, 5.41) is 3.44. The maximum atomic E-state index is 12.7. The van der Waals surface area contributed by atoms with Crippen LogP contribution in [-0.2, 0) is 23.9 Å². The zero-order valence-electron chi connectivity index (χ0n) is 24.4.